The van der Waals surface area contributed by atoms with E-state index in [-0.39, 0.29) is 12.3 Å². The number of hydrogen-bond acceptors (Lipinski definition) is 5. The monoisotopic (exact) mass is 372 g/mol. The number of carbonyl (C=O) groups is 1. The van der Waals surface area contributed by atoms with E-state index in [2.05, 4.69) is 5.32 Å². The number of ether oxygens (including phenoxy) is 1. The molecule has 1 amide bonds. The molecule has 1 saturated carbocycles. The molecule has 3 atom stereocenters. The fourth-order valence-corrected chi connectivity index (χ4v) is 5.23. The van der Waals surface area contributed by atoms with E-state index in [1.165, 1.54) is 24.3 Å². The average molecular weight is 372 g/mol. The number of halogens is 1. The van der Waals surface area contributed by atoms with Gasteiger partial charge in [0.1, 0.15) is 11.4 Å². The smallest absolute Gasteiger partial charge is 0.408 e. The molecule has 3 N–H and O–H groups in total. The van der Waals surface area contributed by atoms with Crippen molar-refractivity contribution in [2.24, 2.45) is 5.73 Å². The summed E-state index contributed by atoms with van der Waals surface area (Å²) in [5, 5.41) is 1.80. The molecule has 8 heteroatoms. The van der Waals surface area contributed by atoms with Gasteiger partial charge in [-0.25, -0.2) is 17.6 Å². The second-order valence-electron chi connectivity index (χ2n) is 7.27. The van der Waals surface area contributed by atoms with E-state index in [1.807, 2.05) is 0 Å². The van der Waals surface area contributed by atoms with Gasteiger partial charge < -0.3 is 15.8 Å². The summed E-state index contributed by atoms with van der Waals surface area (Å²) >= 11 is 0. The summed E-state index contributed by atoms with van der Waals surface area (Å²) < 4.78 is 43.5. The van der Waals surface area contributed by atoms with Gasteiger partial charge in [0.2, 0.25) is 0 Å². The third-order valence-electron chi connectivity index (χ3n) is 4.35. The lowest BCUT2D eigenvalue weighted by atomic mass is 10.1. The first-order chi connectivity index (χ1) is 11.5. The van der Waals surface area contributed by atoms with E-state index in [0.717, 1.165) is 0 Å². The minimum absolute atomic E-state index is 0.0712. The molecule has 140 valence electrons. The van der Waals surface area contributed by atoms with Crippen molar-refractivity contribution in [1.29, 1.82) is 0 Å². The van der Waals surface area contributed by atoms with E-state index in [4.69, 9.17) is 10.5 Å². The van der Waals surface area contributed by atoms with Crippen LogP contribution in [0.25, 0.3) is 0 Å². The van der Waals surface area contributed by atoms with E-state index in [0.29, 0.717) is 5.56 Å². The predicted octanol–water partition coefficient (Wildman–Crippen LogP) is 1.95. The molecule has 0 aliphatic heterocycles. The van der Waals surface area contributed by atoms with Crippen LogP contribution in [-0.2, 0) is 14.6 Å². The lowest BCUT2D eigenvalue weighted by molar-refractivity contribution is 0.0497. The SMILES string of the molecule is CCS(=O)(=O)[C@H]1[C@@H](c2ccc(F)cc2)[C@@]1(CN)NC(=O)OC(C)(C)C. The van der Waals surface area contributed by atoms with Crippen LogP contribution < -0.4 is 11.1 Å². The van der Waals surface area contributed by atoms with Gasteiger partial charge in [-0.2, -0.15) is 0 Å². The zero-order valence-electron chi connectivity index (χ0n) is 14.9. The number of carbonyl (C=O) groups excluding carboxylic acids is 1. The van der Waals surface area contributed by atoms with Crippen molar-refractivity contribution in [3.8, 4) is 0 Å². The minimum atomic E-state index is -3.49. The van der Waals surface area contributed by atoms with Crippen molar-refractivity contribution >= 4 is 15.9 Å². The van der Waals surface area contributed by atoms with Crippen molar-refractivity contribution < 1.29 is 22.3 Å². The number of rotatable bonds is 5. The third kappa shape index (κ3) is 3.95. The van der Waals surface area contributed by atoms with Gasteiger partial charge in [-0.1, -0.05) is 19.1 Å². The molecule has 0 aromatic heterocycles. The van der Waals surface area contributed by atoms with E-state index >= 15 is 0 Å². The zero-order chi connectivity index (χ0) is 19.0. The fraction of sp³-hybridized carbons (Fsp3) is 0.588. The Kier molecular flexibility index (Phi) is 5.16. The Hall–Kier alpha value is -1.67. The van der Waals surface area contributed by atoms with Gasteiger partial charge in [0.15, 0.2) is 9.84 Å². The number of sulfone groups is 1. The number of alkyl carbamates (subject to hydrolysis) is 1. The summed E-state index contributed by atoms with van der Waals surface area (Å²) in [6.07, 6.45) is -0.723. The highest BCUT2D eigenvalue weighted by atomic mass is 32.2. The molecular formula is C17H25FN2O4S. The summed E-state index contributed by atoms with van der Waals surface area (Å²) in [6.45, 7) is 6.62. The molecule has 25 heavy (non-hydrogen) atoms. The summed E-state index contributed by atoms with van der Waals surface area (Å²) in [4.78, 5) is 12.2. The molecule has 1 fully saturated rings. The quantitative estimate of drug-likeness (QED) is 0.823. The van der Waals surface area contributed by atoms with Crippen molar-refractivity contribution in [3.05, 3.63) is 35.6 Å². The molecule has 0 saturated heterocycles. The van der Waals surface area contributed by atoms with Crippen molar-refractivity contribution in [3.63, 3.8) is 0 Å². The van der Waals surface area contributed by atoms with E-state index in [9.17, 15) is 17.6 Å². The summed E-state index contributed by atoms with van der Waals surface area (Å²) in [5.41, 5.74) is 4.61. The molecule has 2 rings (SSSR count). The minimum Gasteiger partial charge on any atom is -0.444 e. The number of hydrogen-bond donors (Lipinski definition) is 2. The van der Waals surface area contributed by atoms with Gasteiger partial charge in [0, 0.05) is 18.2 Å². The number of nitrogens with one attached hydrogen (secondary N) is 1. The first kappa shape index (κ1) is 19.7. The Morgan fingerprint density at radius 1 is 1.32 bits per heavy atom. The maximum absolute atomic E-state index is 13.2. The molecular weight excluding hydrogens is 347 g/mol. The van der Waals surface area contributed by atoms with E-state index in [1.54, 1.807) is 27.7 Å². The topological polar surface area (TPSA) is 98.5 Å². The predicted molar refractivity (Wildman–Crippen MR) is 93.5 cm³/mol. The molecule has 0 unspecified atom stereocenters. The number of nitrogens with two attached hydrogens (primary N) is 1. The average Bonchev–Trinajstić information content (AvgIpc) is 3.15. The second kappa shape index (κ2) is 6.57. The summed E-state index contributed by atoms with van der Waals surface area (Å²) in [7, 11) is -3.49. The van der Waals surface area contributed by atoms with Gasteiger partial charge >= 0.3 is 6.09 Å². The van der Waals surface area contributed by atoms with Gasteiger partial charge in [-0.05, 0) is 38.5 Å². The first-order valence-corrected chi connectivity index (χ1v) is 9.86. The van der Waals surface area contributed by atoms with Crippen LogP contribution in [0.1, 0.15) is 39.2 Å². The van der Waals surface area contributed by atoms with Gasteiger partial charge in [-0.15, -0.1) is 0 Å². The highest BCUT2D eigenvalue weighted by Crippen LogP contribution is 2.55. The molecule has 1 aliphatic rings. The normalized spacial score (nSPS) is 26.2. The molecule has 0 bridgehead atoms. The van der Waals surface area contributed by atoms with Crippen LogP contribution in [0.3, 0.4) is 0 Å². The maximum Gasteiger partial charge on any atom is 0.408 e. The maximum atomic E-state index is 13.2. The van der Waals surface area contributed by atoms with Crippen molar-refractivity contribution in [2.75, 3.05) is 12.3 Å². The molecule has 1 aromatic carbocycles. The molecule has 1 aromatic rings. The molecule has 0 heterocycles. The van der Waals surface area contributed by atoms with Crippen LogP contribution in [0.2, 0.25) is 0 Å². The lowest BCUT2D eigenvalue weighted by Crippen LogP contribution is -2.49. The van der Waals surface area contributed by atoms with Gasteiger partial charge in [0.05, 0.1) is 10.8 Å². The Morgan fingerprint density at radius 3 is 2.32 bits per heavy atom. The fourth-order valence-electron chi connectivity index (χ4n) is 3.19. The standard InChI is InChI=1S/C17H25FN2O4S/c1-5-25(22,23)14-13(11-6-8-12(18)9-7-11)17(14,10-19)20-15(21)24-16(2,3)4/h6-9,13-14H,5,10,19H2,1-4H3,(H,20,21)/t13-,14+,17-/m1/s1. The van der Waals surface area contributed by atoms with Crippen LogP contribution in [-0.4, -0.2) is 43.2 Å². The van der Waals surface area contributed by atoms with Gasteiger partial charge in [0.25, 0.3) is 0 Å². The van der Waals surface area contributed by atoms with Crippen LogP contribution in [0.15, 0.2) is 24.3 Å². The molecule has 1 aliphatic carbocycles. The molecule has 6 nitrogen and oxygen atoms in total. The summed E-state index contributed by atoms with van der Waals surface area (Å²) in [6, 6.07) is 5.56. The molecule has 0 radical (unpaired) electrons. The highest BCUT2D eigenvalue weighted by molar-refractivity contribution is 7.92. The highest BCUT2D eigenvalue weighted by Gasteiger charge is 2.71. The Bertz CT molecular complexity index is 743. The van der Waals surface area contributed by atoms with E-state index < -0.39 is 44.1 Å². The van der Waals surface area contributed by atoms with Crippen molar-refractivity contribution in [2.45, 2.75) is 50.0 Å². The van der Waals surface area contributed by atoms with Crippen LogP contribution in [0, 0.1) is 5.82 Å². The Balaban J connectivity index is 2.38. The van der Waals surface area contributed by atoms with Crippen LogP contribution >= 0.6 is 0 Å². The zero-order valence-corrected chi connectivity index (χ0v) is 15.7. The second-order valence-corrected chi connectivity index (χ2v) is 9.68. The first-order valence-electron chi connectivity index (χ1n) is 8.15. The lowest BCUT2D eigenvalue weighted by Gasteiger charge is -2.24. The number of amides is 1. The van der Waals surface area contributed by atoms with Crippen molar-refractivity contribution in [1.82, 2.24) is 5.32 Å². The Morgan fingerprint density at radius 2 is 1.88 bits per heavy atom. The van der Waals surface area contributed by atoms with Gasteiger partial charge in [-0.3, -0.25) is 0 Å². The third-order valence-corrected chi connectivity index (χ3v) is 6.62. The Labute approximate surface area is 147 Å². The number of benzene rings is 1. The summed E-state index contributed by atoms with van der Waals surface area (Å²) in [5.74, 6) is -1.04. The van der Waals surface area contributed by atoms with Crippen LogP contribution in [0.4, 0.5) is 9.18 Å². The largest absolute Gasteiger partial charge is 0.444 e. The van der Waals surface area contributed by atoms with Crippen LogP contribution in [0.5, 0.6) is 0 Å². The molecule has 0 spiro atoms.